The molecule has 0 spiro atoms. The van der Waals surface area contributed by atoms with Crippen LogP contribution in [0, 0.1) is 0 Å². The fraction of sp³-hybridized carbons (Fsp3) is 0.130. The Labute approximate surface area is 190 Å². The van der Waals surface area contributed by atoms with Crippen LogP contribution < -0.4 is 9.62 Å². The molecule has 1 aliphatic rings. The van der Waals surface area contributed by atoms with E-state index < -0.39 is 10.0 Å². The molecule has 4 aromatic rings. The maximum atomic E-state index is 12.7. The third kappa shape index (κ3) is 3.83. The van der Waals surface area contributed by atoms with Gasteiger partial charge in [-0.05, 0) is 61.0 Å². The Morgan fingerprint density at radius 1 is 1.06 bits per heavy atom. The molecule has 0 radical (unpaired) electrons. The summed E-state index contributed by atoms with van der Waals surface area (Å²) < 4.78 is 25.6. The average molecular weight is 467 g/mol. The zero-order valence-corrected chi connectivity index (χ0v) is 18.4. The number of aromatic nitrogens is 2. The molecule has 1 fully saturated rings. The van der Waals surface area contributed by atoms with Gasteiger partial charge in [-0.1, -0.05) is 23.7 Å². The Kier molecular flexibility index (Phi) is 5.11. The van der Waals surface area contributed by atoms with Crippen molar-refractivity contribution in [1.29, 1.82) is 0 Å². The lowest BCUT2D eigenvalue weighted by molar-refractivity contribution is 0.102. The number of amides is 1. The number of sulfonamides is 1. The number of imidazole rings is 1. The molecule has 2 heterocycles. The molecule has 32 heavy (non-hydrogen) atoms. The number of carbonyl (C=O) groups excluding carboxylic acids is 1. The average Bonchev–Trinajstić information content (AvgIpc) is 3.37. The van der Waals surface area contributed by atoms with Gasteiger partial charge in [-0.15, -0.1) is 0 Å². The highest BCUT2D eigenvalue weighted by Crippen LogP contribution is 2.30. The summed E-state index contributed by atoms with van der Waals surface area (Å²) in [5.74, 6) is 0.460. The maximum absolute atomic E-state index is 12.7. The molecule has 9 heteroatoms. The van der Waals surface area contributed by atoms with Crippen molar-refractivity contribution < 1.29 is 13.2 Å². The number of carbonyl (C=O) groups is 1. The summed E-state index contributed by atoms with van der Waals surface area (Å²) in [4.78, 5) is 20.6. The normalized spacial score (nSPS) is 15.2. The highest BCUT2D eigenvalue weighted by molar-refractivity contribution is 7.93. The monoisotopic (exact) mass is 466 g/mol. The van der Waals surface area contributed by atoms with Crippen LogP contribution in [0.3, 0.4) is 0 Å². The maximum Gasteiger partial charge on any atom is 0.255 e. The van der Waals surface area contributed by atoms with E-state index in [1.807, 2.05) is 24.3 Å². The Bertz CT molecular complexity index is 1400. The standard InChI is InChI=1S/C23H19ClN4O3S/c24-19-11-8-16(14-18(19)22-26-20-4-1-2-5-21(20)27-22)25-23(29)15-6-9-17(10-7-15)28-12-3-13-32(28,30)31/h1-2,4-11,14H,3,12-13H2,(H,25,29)(H,26,27). The molecule has 162 valence electrons. The fourth-order valence-corrected chi connectivity index (χ4v) is 5.55. The van der Waals surface area contributed by atoms with E-state index in [4.69, 9.17) is 11.6 Å². The Morgan fingerprint density at radius 3 is 2.56 bits per heavy atom. The summed E-state index contributed by atoms with van der Waals surface area (Å²) in [7, 11) is -3.26. The molecule has 2 N–H and O–H groups in total. The number of hydrogen-bond acceptors (Lipinski definition) is 4. The quantitative estimate of drug-likeness (QED) is 0.456. The van der Waals surface area contributed by atoms with E-state index in [2.05, 4.69) is 15.3 Å². The van der Waals surface area contributed by atoms with Gasteiger partial charge < -0.3 is 10.3 Å². The summed E-state index contributed by atoms with van der Waals surface area (Å²) in [6, 6.07) is 19.4. The van der Waals surface area contributed by atoms with Gasteiger partial charge in [0.05, 0.1) is 27.5 Å². The highest BCUT2D eigenvalue weighted by atomic mass is 35.5. The van der Waals surface area contributed by atoms with Gasteiger partial charge in [0.25, 0.3) is 5.91 Å². The van der Waals surface area contributed by atoms with E-state index in [9.17, 15) is 13.2 Å². The summed E-state index contributed by atoms with van der Waals surface area (Å²) >= 11 is 6.39. The molecular formula is C23H19ClN4O3S. The first kappa shape index (κ1) is 20.5. The van der Waals surface area contributed by atoms with Crippen molar-refractivity contribution in [3.05, 3.63) is 77.3 Å². The SMILES string of the molecule is O=C(Nc1ccc(Cl)c(-c2nc3ccccc3[nH]2)c1)c1ccc(N2CCCS2(=O)=O)cc1. The molecule has 0 atom stereocenters. The molecule has 1 amide bonds. The van der Waals surface area contributed by atoms with Crippen molar-refractivity contribution in [2.45, 2.75) is 6.42 Å². The van der Waals surface area contributed by atoms with Crippen molar-refractivity contribution in [1.82, 2.24) is 9.97 Å². The van der Waals surface area contributed by atoms with Crippen molar-refractivity contribution in [2.75, 3.05) is 21.9 Å². The van der Waals surface area contributed by atoms with Crippen LogP contribution in [0.5, 0.6) is 0 Å². The van der Waals surface area contributed by atoms with Crippen molar-refractivity contribution in [3.63, 3.8) is 0 Å². The first-order valence-electron chi connectivity index (χ1n) is 10.1. The Balaban J connectivity index is 1.37. The number of fused-ring (bicyclic) bond motifs is 1. The molecule has 1 aromatic heterocycles. The van der Waals surface area contributed by atoms with E-state index in [0.717, 1.165) is 11.0 Å². The van der Waals surface area contributed by atoms with Crippen LogP contribution in [-0.4, -0.2) is 36.6 Å². The van der Waals surface area contributed by atoms with E-state index in [0.29, 0.717) is 46.3 Å². The lowest BCUT2D eigenvalue weighted by Gasteiger charge is -2.17. The highest BCUT2D eigenvalue weighted by Gasteiger charge is 2.28. The third-order valence-corrected chi connectivity index (χ3v) is 7.58. The number of halogens is 1. The van der Waals surface area contributed by atoms with E-state index in [1.54, 1.807) is 42.5 Å². The summed E-state index contributed by atoms with van der Waals surface area (Å²) in [6.07, 6.45) is 0.606. The fourth-order valence-electron chi connectivity index (χ4n) is 3.78. The first-order chi connectivity index (χ1) is 15.4. The number of nitrogens with zero attached hydrogens (tertiary/aromatic N) is 2. The van der Waals surface area contributed by atoms with Crippen LogP contribution in [-0.2, 0) is 10.0 Å². The van der Waals surface area contributed by atoms with Crippen LogP contribution in [0.4, 0.5) is 11.4 Å². The zero-order valence-electron chi connectivity index (χ0n) is 16.9. The number of nitrogens with one attached hydrogen (secondary N) is 2. The van der Waals surface area contributed by atoms with Gasteiger partial charge in [0.1, 0.15) is 5.82 Å². The van der Waals surface area contributed by atoms with Gasteiger partial charge in [0.2, 0.25) is 10.0 Å². The molecule has 5 rings (SSSR count). The molecule has 0 aliphatic carbocycles. The number of benzene rings is 3. The molecule has 7 nitrogen and oxygen atoms in total. The summed E-state index contributed by atoms with van der Waals surface area (Å²) in [5.41, 5.74) is 3.96. The van der Waals surface area contributed by atoms with E-state index in [1.165, 1.54) is 4.31 Å². The van der Waals surface area contributed by atoms with Gasteiger partial charge in [-0.3, -0.25) is 9.10 Å². The minimum Gasteiger partial charge on any atom is -0.338 e. The lowest BCUT2D eigenvalue weighted by Crippen LogP contribution is -2.25. The second kappa shape index (κ2) is 7.96. The second-order valence-electron chi connectivity index (χ2n) is 7.54. The molecular weight excluding hydrogens is 448 g/mol. The number of H-pyrrole nitrogens is 1. The lowest BCUT2D eigenvalue weighted by atomic mass is 10.1. The van der Waals surface area contributed by atoms with Crippen molar-refractivity contribution in [3.8, 4) is 11.4 Å². The number of hydrogen-bond donors (Lipinski definition) is 2. The molecule has 1 saturated heterocycles. The van der Waals surface area contributed by atoms with Crippen LogP contribution in [0.2, 0.25) is 5.02 Å². The predicted octanol–water partition coefficient (Wildman–Crippen LogP) is 4.68. The molecule has 3 aromatic carbocycles. The van der Waals surface area contributed by atoms with Crippen LogP contribution in [0.1, 0.15) is 16.8 Å². The first-order valence-corrected chi connectivity index (χ1v) is 12.1. The van der Waals surface area contributed by atoms with Crippen LogP contribution >= 0.6 is 11.6 Å². The van der Waals surface area contributed by atoms with E-state index >= 15 is 0 Å². The molecule has 0 bridgehead atoms. The van der Waals surface area contributed by atoms with Gasteiger partial charge in [0.15, 0.2) is 0 Å². The summed E-state index contributed by atoms with van der Waals surface area (Å²) in [6.45, 7) is 0.462. The molecule has 0 saturated carbocycles. The minimum atomic E-state index is -3.26. The molecule has 1 aliphatic heterocycles. The van der Waals surface area contributed by atoms with Gasteiger partial charge in [-0.25, -0.2) is 13.4 Å². The topological polar surface area (TPSA) is 95.2 Å². The van der Waals surface area contributed by atoms with Gasteiger partial charge in [-0.2, -0.15) is 0 Å². The summed E-state index contributed by atoms with van der Waals surface area (Å²) in [5, 5.41) is 3.38. The number of para-hydroxylation sites is 2. The van der Waals surface area contributed by atoms with Crippen molar-refractivity contribution in [2.24, 2.45) is 0 Å². The third-order valence-electron chi connectivity index (χ3n) is 5.39. The number of anilines is 2. The minimum absolute atomic E-state index is 0.152. The Morgan fingerprint density at radius 2 is 1.84 bits per heavy atom. The van der Waals surface area contributed by atoms with Crippen LogP contribution in [0.25, 0.3) is 22.4 Å². The zero-order chi connectivity index (χ0) is 22.3. The van der Waals surface area contributed by atoms with Gasteiger partial charge >= 0.3 is 0 Å². The van der Waals surface area contributed by atoms with Crippen LogP contribution in [0.15, 0.2) is 66.7 Å². The number of aromatic amines is 1. The number of rotatable bonds is 4. The Hall–Kier alpha value is -3.36. The van der Waals surface area contributed by atoms with E-state index in [-0.39, 0.29) is 11.7 Å². The predicted molar refractivity (Wildman–Crippen MR) is 127 cm³/mol. The second-order valence-corrected chi connectivity index (χ2v) is 9.96. The largest absolute Gasteiger partial charge is 0.338 e. The van der Waals surface area contributed by atoms with Crippen molar-refractivity contribution >= 4 is 49.9 Å². The smallest absolute Gasteiger partial charge is 0.255 e. The molecule has 0 unspecified atom stereocenters. The van der Waals surface area contributed by atoms with Gasteiger partial charge in [0, 0.05) is 23.4 Å².